The van der Waals surface area contributed by atoms with Crippen molar-refractivity contribution >= 4 is 0 Å². The number of ether oxygens (including phenoxy) is 1. The molecule has 0 saturated heterocycles. The smallest absolute Gasteiger partial charge is 0.123 e. The summed E-state index contributed by atoms with van der Waals surface area (Å²) in [6.45, 7) is 7.75. The summed E-state index contributed by atoms with van der Waals surface area (Å²) in [5.74, 6) is 1.78. The Balaban J connectivity index is 2.10. The Hall–Kier alpha value is -1.02. The molecule has 0 spiro atoms. The van der Waals surface area contributed by atoms with Crippen LogP contribution in [0.25, 0.3) is 0 Å². The van der Waals surface area contributed by atoms with Crippen LogP contribution in [0.1, 0.15) is 39.2 Å². The standard InChI is InChI=1S/C16H25NO/c1-4-12(5-2)16(17-6-3)15-11-13-9-7-8-10-14(13)18-15/h7-10,12,15-17H,4-6,11H2,1-3H3. The highest BCUT2D eigenvalue weighted by Gasteiger charge is 2.33. The van der Waals surface area contributed by atoms with Gasteiger partial charge in [0.2, 0.25) is 0 Å². The van der Waals surface area contributed by atoms with Gasteiger partial charge in [-0.05, 0) is 24.1 Å². The van der Waals surface area contributed by atoms with E-state index in [1.54, 1.807) is 0 Å². The molecule has 2 nitrogen and oxygen atoms in total. The van der Waals surface area contributed by atoms with Crippen LogP contribution < -0.4 is 10.1 Å². The summed E-state index contributed by atoms with van der Waals surface area (Å²) in [5.41, 5.74) is 1.36. The number of nitrogens with one attached hydrogen (secondary N) is 1. The van der Waals surface area contributed by atoms with Gasteiger partial charge in [0.25, 0.3) is 0 Å². The summed E-state index contributed by atoms with van der Waals surface area (Å²) in [5, 5.41) is 3.64. The van der Waals surface area contributed by atoms with Crippen molar-refractivity contribution in [1.82, 2.24) is 5.32 Å². The van der Waals surface area contributed by atoms with E-state index in [9.17, 15) is 0 Å². The van der Waals surface area contributed by atoms with E-state index >= 15 is 0 Å². The molecule has 0 fully saturated rings. The van der Waals surface area contributed by atoms with Crippen molar-refractivity contribution in [2.45, 2.75) is 52.2 Å². The maximum Gasteiger partial charge on any atom is 0.123 e. The van der Waals surface area contributed by atoms with Gasteiger partial charge in [0.15, 0.2) is 0 Å². The summed E-state index contributed by atoms with van der Waals surface area (Å²) in [4.78, 5) is 0. The van der Waals surface area contributed by atoms with Crippen LogP contribution in [0.5, 0.6) is 5.75 Å². The van der Waals surface area contributed by atoms with Gasteiger partial charge in [0.05, 0.1) is 0 Å². The lowest BCUT2D eigenvalue weighted by molar-refractivity contribution is 0.136. The van der Waals surface area contributed by atoms with Gasteiger partial charge in [-0.25, -0.2) is 0 Å². The van der Waals surface area contributed by atoms with Crippen LogP contribution in [0.4, 0.5) is 0 Å². The highest BCUT2D eigenvalue weighted by molar-refractivity contribution is 5.37. The zero-order valence-electron chi connectivity index (χ0n) is 11.8. The molecule has 2 rings (SSSR count). The summed E-state index contributed by atoms with van der Waals surface area (Å²) in [6.07, 6.45) is 3.77. The Labute approximate surface area is 111 Å². The Kier molecular flexibility index (Phi) is 4.65. The molecule has 1 N–H and O–H groups in total. The maximum atomic E-state index is 6.14. The van der Waals surface area contributed by atoms with Gasteiger partial charge in [0, 0.05) is 12.5 Å². The fourth-order valence-corrected chi connectivity index (χ4v) is 3.04. The molecule has 1 aliphatic rings. The van der Waals surface area contributed by atoms with E-state index in [1.807, 2.05) is 0 Å². The highest BCUT2D eigenvalue weighted by atomic mass is 16.5. The molecule has 0 aromatic heterocycles. The average Bonchev–Trinajstić information content (AvgIpc) is 2.82. The minimum Gasteiger partial charge on any atom is -0.488 e. The molecule has 1 aromatic rings. The third kappa shape index (κ3) is 2.69. The Morgan fingerprint density at radius 1 is 1.22 bits per heavy atom. The third-order valence-corrected chi connectivity index (χ3v) is 4.07. The van der Waals surface area contributed by atoms with Crippen LogP contribution in [-0.2, 0) is 6.42 Å². The molecule has 0 saturated carbocycles. The lowest BCUT2D eigenvalue weighted by Gasteiger charge is -2.30. The monoisotopic (exact) mass is 247 g/mol. The molecule has 1 heterocycles. The normalized spacial score (nSPS) is 19.7. The third-order valence-electron chi connectivity index (χ3n) is 4.07. The number of fused-ring (bicyclic) bond motifs is 1. The van der Waals surface area contributed by atoms with E-state index in [-0.39, 0.29) is 0 Å². The van der Waals surface area contributed by atoms with Gasteiger partial charge in [0.1, 0.15) is 11.9 Å². The molecular formula is C16H25NO. The molecule has 0 aliphatic carbocycles. The molecule has 100 valence electrons. The average molecular weight is 247 g/mol. The molecule has 1 aliphatic heterocycles. The van der Waals surface area contributed by atoms with Gasteiger partial charge in [-0.2, -0.15) is 0 Å². The van der Waals surface area contributed by atoms with Crippen molar-refractivity contribution in [3.05, 3.63) is 29.8 Å². The van der Waals surface area contributed by atoms with Crippen molar-refractivity contribution in [1.29, 1.82) is 0 Å². The number of likely N-dealkylation sites (N-methyl/N-ethyl adjacent to an activating group) is 1. The van der Waals surface area contributed by atoms with E-state index in [4.69, 9.17) is 4.74 Å². The zero-order valence-corrected chi connectivity index (χ0v) is 11.8. The Morgan fingerprint density at radius 2 is 1.94 bits per heavy atom. The number of rotatable bonds is 6. The van der Waals surface area contributed by atoms with Crippen LogP contribution in [0.2, 0.25) is 0 Å². The highest BCUT2D eigenvalue weighted by Crippen LogP contribution is 2.32. The van der Waals surface area contributed by atoms with Gasteiger partial charge >= 0.3 is 0 Å². The zero-order chi connectivity index (χ0) is 13.0. The second-order valence-corrected chi connectivity index (χ2v) is 5.13. The first-order valence-electron chi connectivity index (χ1n) is 7.28. The van der Waals surface area contributed by atoms with Crippen molar-refractivity contribution in [3.8, 4) is 5.75 Å². The lowest BCUT2D eigenvalue weighted by Crippen LogP contribution is -2.47. The van der Waals surface area contributed by atoms with Gasteiger partial charge < -0.3 is 10.1 Å². The predicted molar refractivity (Wildman–Crippen MR) is 76.1 cm³/mol. The van der Waals surface area contributed by atoms with E-state index in [0.29, 0.717) is 18.1 Å². The number of hydrogen-bond acceptors (Lipinski definition) is 2. The summed E-state index contributed by atoms with van der Waals surface area (Å²) >= 11 is 0. The molecular weight excluding hydrogens is 222 g/mol. The fourth-order valence-electron chi connectivity index (χ4n) is 3.04. The minimum absolute atomic E-state index is 0.298. The van der Waals surface area contributed by atoms with Crippen LogP contribution in [0, 0.1) is 5.92 Å². The SMILES string of the molecule is CCNC(C(CC)CC)C1Cc2ccccc2O1. The molecule has 2 heteroatoms. The minimum atomic E-state index is 0.298. The van der Waals surface area contributed by atoms with Crippen LogP contribution >= 0.6 is 0 Å². The predicted octanol–water partition coefficient (Wildman–Crippen LogP) is 3.40. The molecule has 18 heavy (non-hydrogen) atoms. The number of para-hydroxylation sites is 1. The second kappa shape index (κ2) is 6.24. The van der Waals surface area contributed by atoms with Crippen LogP contribution in [0.3, 0.4) is 0 Å². The van der Waals surface area contributed by atoms with Crippen LogP contribution in [0.15, 0.2) is 24.3 Å². The quantitative estimate of drug-likeness (QED) is 0.832. The number of benzene rings is 1. The van der Waals surface area contributed by atoms with Gasteiger partial charge in [-0.1, -0.05) is 51.8 Å². The first-order valence-corrected chi connectivity index (χ1v) is 7.28. The van der Waals surface area contributed by atoms with Gasteiger partial charge in [-0.15, -0.1) is 0 Å². The van der Waals surface area contributed by atoms with E-state index < -0.39 is 0 Å². The lowest BCUT2D eigenvalue weighted by atomic mass is 9.88. The van der Waals surface area contributed by atoms with E-state index in [2.05, 4.69) is 50.4 Å². The fraction of sp³-hybridized carbons (Fsp3) is 0.625. The summed E-state index contributed by atoms with van der Waals surface area (Å²) < 4.78 is 6.14. The molecule has 0 bridgehead atoms. The van der Waals surface area contributed by atoms with Crippen molar-refractivity contribution < 1.29 is 4.74 Å². The second-order valence-electron chi connectivity index (χ2n) is 5.13. The Morgan fingerprint density at radius 3 is 2.56 bits per heavy atom. The largest absolute Gasteiger partial charge is 0.488 e. The van der Waals surface area contributed by atoms with Crippen LogP contribution in [-0.4, -0.2) is 18.7 Å². The first kappa shape index (κ1) is 13.4. The molecule has 0 radical (unpaired) electrons. The number of hydrogen-bond donors (Lipinski definition) is 1. The topological polar surface area (TPSA) is 21.3 Å². The van der Waals surface area contributed by atoms with Crippen molar-refractivity contribution in [2.75, 3.05) is 6.54 Å². The Bertz CT molecular complexity index is 348. The first-order chi connectivity index (χ1) is 8.80. The molecule has 0 amide bonds. The van der Waals surface area contributed by atoms with Crippen molar-refractivity contribution in [3.63, 3.8) is 0 Å². The molecule has 2 unspecified atom stereocenters. The van der Waals surface area contributed by atoms with E-state index in [1.165, 1.54) is 18.4 Å². The van der Waals surface area contributed by atoms with Crippen molar-refractivity contribution in [2.24, 2.45) is 5.92 Å². The maximum absolute atomic E-state index is 6.14. The molecule has 2 atom stereocenters. The summed E-state index contributed by atoms with van der Waals surface area (Å²) in [7, 11) is 0. The van der Waals surface area contributed by atoms with Gasteiger partial charge in [-0.3, -0.25) is 0 Å². The van der Waals surface area contributed by atoms with E-state index in [0.717, 1.165) is 18.7 Å². The molecule has 1 aromatic carbocycles. The summed E-state index contributed by atoms with van der Waals surface area (Å²) in [6, 6.07) is 8.90.